The SMILES string of the molecule is CC(=O)O[C@@H]1C(=O)[C@@H](C)[C@]2(CC[C@]3(C=COC3)O2)[C@@]2(C)CCCC(C)(C)[C@H]12. The molecule has 0 aromatic heterocycles. The number of esters is 1. The third-order valence-corrected chi connectivity index (χ3v) is 8.12. The molecule has 150 valence electrons. The molecule has 0 bridgehead atoms. The van der Waals surface area contributed by atoms with E-state index in [1.807, 2.05) is 13.0 Å². The minimum Gasteiger partial charge on any atom is -0.498 e. The monoisotopic (exact) mass is 376 g/mol. The summed E-state index contributed by atoms with van der Waals surface area (Å²) in [6, 6.07) is 0. The summed E-state index contributed by atoms with van der Waals surface area (Å²) in [6.45, 7) is 10.6. The molecule has 27 heavy (non-hydrogen) atoms. The summed E-state index contributed by atoms with van der Waals surface area (Å²) in [5, 5.41) is 0. The van der Waals surface area contributed by atoms with Crippen LogP contribution in [0.2, 0.25) is 0 Å². The van der Waals surface area contributed by atoms with Gasteiger partial charge >= 0.3 is 5.97 Å². The lowest BCUT2D eigenvalue weighted by Gasteiger charge is -2.64. The van der Waals surface area contributed by atoms with Crippen LogP contribution in [-0.4, -0.2) is 35.7 Å². The minimum atomic E-state index is -0.682. The molecule has 5 nitrogen and oxygen atoms in total. The number of fused-ring (bicyclic) bond motifs is 2. The highest BCUT2D eigenvalue weighted by Gasteiger charge is 2.72. The van der Waals surface area contributed by atoms with Crippen LogP contribution in [-0.2, 0) is 23.8 Å². The summed E-state index contributed by atoms with van der Waals surface area (Å²) in [7, 11) is 0. The molecular formula is C22H32O5. The standard InChI is InChI=1S/C22H32O5/c1-14-16(24)17(26-15(2)23)18-19(3,4)7-6-8-20(18,5)22(14)10-9-21(27-22)11-12-25-13-21/h11-12,14,17-18H,6-10,13H2,1-5H3/t14-,17-,18+,20+,21-,22-/m1/s1. The molecule has 4 rings (SSSR count). The molecule has 0 amide bonds. The first-order chi connectivity index (χ1) is 12.6. The van der Waals surface area contributed by atoms with E-state index in [2.05, 4.69) is 20.8 Å². The Kier molecular flexibility index (Phi) is 4.09. The molecule has 2 heterocycles. The van der Waals surface area contributed by atoms with Gasteiger partial charge in [-0.1, -0.05) is 34.1 Å². The van der Waals surface area contributed by atoms with E-state index in [-0.39, 0.29) is 34.4 Å². The Morgan fingerprint density at radius 2 is 1.93 bits per heavy atom. The molecule has 1 saturated heterocycles. The number of hydrogen-bond donors (Lipinski definition) is 0. The van der Waals surface area contributed by atoms with Crippen LogP contribution in [0.25, 0.3) is 0 Å². The van der Waals surface area contributed by atoms with Crippen molar-refractivity contribution in [3.8, 4) is 0 Å². The second kappa shape index (κ2) is 5.82. The predicted octanol–water partition coefficient (Wildman–Crippen LogP) is 3.80. The van der Waals surface area contributed by atoms with Gasteiger partial charge in [0.1, 0.15) is 12.2 Å². The van der Waals surface area contributed by atoms with Crippen LogP contribution >= 0.6 is 0 Å². The molecular weight excluding hydrogens is 344 g/mol. The Labute approximate surface area is 161 Å². The van der Waals surface area contributed by atoms with Crippen molar-refractivity contribution < 1.29 is 23.8 Å². The molecule has 2 aliphatic carbocycles. The van der Waals surface area contributed by atoms with Crippen molar-refractivity contribution in [2.24, 2.45) is 22.7 Å². The van der Waals surface area contributed by atoms with E-state index >= 15 is 0 Å². The molecule has 2 spiro atoms. The number of carbonyl (C=O) groups excluding carboxylic acids is 2. The van der Waals surface area contributed by atoms with Crippen molar-refractivity contribution in [1.82, 2.24) is 0 Å². The van der Waals surface area contributed by atoms with Crippen molar-refractivity contribution in [2.75, 3.05) is 6.61 Å². The number of rotatable bonds is 1. The molecule has 0 aromatic carbocycles. The first kappa shape index (κ1) is 19.0. The van der Waals surface area contributed by atoms with Gasteiger partial charge in [-0.05, 0) is 37.2 Å². The average molecular weight is 376 g/mol. The molecule has 3 fully saturated rings. The van der Waals surface area contributed by atoms with Gasteiger partial charge in [-0.2, -0.15) is 0 Å². The lowest BCUT2D eigenvalue weighted by atomic mass is 9.43. The zero-order valence-corrected chi connectivity index (χ0v) is 17.2. The van der Waals surface area contributed by atoms with E-state index in [0.29, 0.717) is 6.61 Å². The van der Waals surface area contributed by atoms with Crippen LogP contribution in [0.1, 0.15) is 66.7 Å². The van der Waals surface area contributed by atoms with E-state index in [1.165, 1.54) is 6.92 Å². The Bertz CT molecular complexity index is 697. The van der Waals surface area contributed by atoms with Gasteiger partial charge < -0.3 is 14.2 Å². The van der Waals surface area contributed by atoms with Crippen molar-refractivity contribution in [2.45, 2.75) is 84.0 Å². The Morgan fingerprint density at radius 3 is 2.56 bits per heavy atom. The highest BCUT2D eigenvalue weighted by Crippen LogP contribution is 2.67. The number of hydrogen-bond acceptors (Lipinski definition) is 5. The molecule has 5 heteroatoms. The fourth-order valence-corrected chi connectivity index (χ4v) is 6.94. The average Bonchev–Trinajstić information content (AvgIpc) is 3.19. The van der Waals surface area contributed by atoms with Crippen LogP contribution in [0, 0.1) is 22.7 Å². The minimum absolute atomic E-state index is 0.0163. The molecule has 0 radical (unpaired) electrons. The third-order valence-electron chi connectivity index (χ3n) is 8.12. The maximum atomic E-state index is 13.5. The summed E-state index contributed by atoms with van der Waals surface area (Å²) in [5.41, 5.74) is -1.29. The molecule has 2 saturated carbocycles. The van der Waals surface area contributed by atoms with Crippen LogP contribution < -0.4 is 0 Å². The largest absolute Gasteiger partial charge is 0.498 e. The Morgan fingerprint density at radius 1 is 1.19 bits per heavy atom. The number of carbonyl (C=O) groups is 2. The van der Waals surface area contributed by atoms with Gasteiger partial charge in [0.25, 0.3) is 0 Å². The predicted molar refractivity (Wildman–Crippen MR) is 99.8 cm³/mol. The second-order valence-electron chi connectivity index (χ2n) is 10.1. The van der Waals surface area contributed by atoms with E-state index < -0.39 is 17.3 Å². The molecule has 4 aliphatic rings. The number of ketones is 1. The lowest BCUT2D eigenvalue weighted by Crippen LogP contribution is -2.70. The van der Waals surface area contributed by atoms with Gasteiger partial charge in [0.05, 0.1) is 11.9 Å². The van der Waals surface area contributed by atoms with Crippen molar-refractivity contribution in [3.05, 3.63) is 12.3 Å². The first-order valence-electron chi connectivity index (χ1n) is 10.3. The van der Waals surface area contributed by atoms with Crippen LogP contribution in [0.5, 0.6) is 0 Å². The molecule has 6 atom stereocenters. The Balaban J connectivity index is 1.83. The first-order valence-corrected chi connectivity index (χ1v) is 10.3. The van der Waals surface area contributed by atoms with Crippen molar-refractivity contribution in [1.29, 1.82) is 0 Å². The third kappa shape index (κ3) is 2.46. The van der Waals surface area contributed by atoms with Crippen LogP contribution in [0.15, 0.2) is 12.3 Å². The van der Waals surface area contributed by atoms with Gasteiger partial charge in [0, 0.05) is 24.2 Å². The van der Waals surface area contributed by atoms with E-state index in [1.54, 1.807) is 6.26 Å². The maximum absolute atomic E-state index is 13.5. The maximum Gasteiger partial charge on any atom is 0.303 e. The van der Waals surface area contributed by atoms with Crippen LogP contribution in [0.3, 0.4) is 0 Å². The molecule has 0 N–H and O–H groups in total. The van der Waals surface area contributed by atoms with E-state index in [4.69, 9.17) is 14.2 Å². The zero-order chi connectivity index (χ0) is 19.7. The molecule has 0 unspecified atom stereocenters. The summed E-state index contributed by atoms with van der Waals surface area (Å²) in [5.74, 6) is -0.725. The molecule has 0 aromatic rings. The van der Waals surface area contributed by atoms with Gasteiger partial charge in [-0.15, -0.1) is 0 Å². The van der Waals surface area contributed by atoms with Gasteiger partial charge in [-0.25, -0.2) is 0 Å². The fourth-order valence-electron chi connectivity index (χ4n) is 6.94. The van der Waals surface area contributed by atoms with Crippen molar-refractivity contribution in [3.63, 3.8) is 0 Å². The smallest absolute Gasteiger partial charge is 0.303 e. The normalized spacial score (nSPS) is 47.9. The van der Waals surface area contributed by atoms with E-state index in [0.717, 1.165) is 32.1 Å². The number of ether oxygens (including phenoxy) is 3. The summed E-state index contributed by atoms with van der Waals surface area (Å²) >= 11 is 0. The highest BCUT2D eigenvalue weighted by atomic mass is 16.6. The van der Waals surface area contributed by atoms with Crippen molar-refractivity contribution >= 4 is 11.8 Å². The fraction of sp³-hybridized carbons (Fsp3) is 0.818. The van der Waals surface area contributed by atoms with Crippen LogP contribution in [0.4, 0.5) is 0 Å². The summed E-state index contributed by atoms with van der Waals surface area (Å²) in [6.07, 6.45) is 7.86. The van der Waals surface area contributed by atoms with E-state index in [9.17, 15) is 9.59 Å². The quantitative estimate of drug-likeness (QED) is 0.652. The van der Waals surface area contributed by atoms with Gasteiger partial charge in [-0.3, -0.25) is 9.59 Å². The number of Topliss-reactive ketones (excluding diaryl/α,β-unsaturated/α-hetero) is 1. The molecule has 2 aliphatic heterocycles. The zero-order valence-electron chi connectivity index (χ0n) is 17.2. The summed E-state index contributed by atoms with van der Waals surface area (Å²) in [4.78, 5) is 25.3. The highest BCUT2D eigenvalue weighted by molar-refractivity contribution is 5.90. The topological polar surface area (TPSA) is 61.8 Å². The summed E-state index contributed by atoms with van der Waals surface area (Å²) < 4.78 is 18.1. The second-order valence-corrected chi connectivity index (χ2v) is 10.1. The van der Waals surface area contributed by atoms with Gasteiger partial charge in [0.15, 0.2) is 11.9 Å². The lowest BCUT2D eigenvalue weighted by molar-refractivity contribution is -0.256. The Hall–Kier alpha value is -1.36. The van der Waals surface area contributed by atoms with Gasteiger partial charge in [0.2, 0.25) is 0 Å².